The van der Waals surface area contributed by atoms with Gasteiger partial charge in [-0.1, -0.05) is 0 Å². The van der Waals surface area contributed by atoms with Gasteiger partial charge in [-0.05, 0) is 30.2 Å². The standard InChI is InChI=1S/C13H17N5S2/c14-9-1-3-18(6-9)13-15-12(16-17-13)11-5-8-7-19-4-2-10(8)20-11/h5,9H,1-4,6-7,14H2,(H,15,16,17). The molecule has 20 heavy (non-hydrogen) atoms. The van der Waals surface area contributed by atoms with Crippen molar-refractivity contribution in [2.24, 2.45) is 5.73 Å². The minimum atomic E-state index is 0.253. The third-order valence-corrected chi connectivity index (χ3v) is 6.09. The number of nitrogens with two attached hydrogens (primary N) is 1. The van der Waals surface area contributed by atoms with E-state index in [1.165, 1.54) is 27.5 Å². The van der Waals surface area contributed by atoms with Crippen LogP contribution in [-0.2, 0) is 12.2 Å². The molecule has 4 rings (SSSR count). The van der Waals surface area contributed by atoms with Crippen LogP contribution in [0.25, 0.3) is 10.7 Å². The molecule has 0 aromatic carbocycles. The number of thiophene rings is 1. The third-order valence-electron chi connectivity index (χ3n) is 3.84. The molecule has 106 valence electrons. The molecule has 1 atom stereocenters. The van der Waals surface area contributed by atoms with Gasteiger partial charge < -0.3 is 10.6 Å². The van der Waals surface area contributed by atoms with Crippen molar-refractivity contribution >= 4 is 29.0 Å². The lowest BCUT2D eigenvalue weighted by Crippen LogP contribution is -2.26. The lowest BCUT2D eigenvalue weighted by Gasteiger charge is -2.11. The number of hydrogen-bond acceptors (Lipinski definition) is 6. The Hall–Kier alpha value is -1.05. The van der Waals surface area contributed by atoms with Crippen LogP contribution in [-0.4, -0.2) is 40.1 Å². The average Bonchev–Trinajstić information content (AvgIpc) is 3.16. The van der Waals surface area contributed by atoms with Crippen molar-refractivity contribution in [3.05, 3.63) is 16.5 Å². The molecule has 0 spiro atoms. The molecular weight excluding hydrogens is 290 g/mol. The van der Waals surface area contributed by atoms with Gasteiger partial charge in [0, 0.05) is 29.8 Å². The molecule has 7 heteroatoms. The quantitative estimate of drug-likeness (QED) is 0.886. The highest BCUT2D eigenvalue weighted by Gasteiger charge is 2.23. The minimum absolute atomic E-state index is 0.253. The zero-order valence-electron chi connectivity index (χ0n) is 11.1. The number of nitrogens with one attached hydrogen (secondary N) is 1. The van der Waals surface area contributed by atoms with Crippen LogP contribution >= 0.6 is 23.1 Å². The van der Waals surface area contributed by atoms with E-state index in [0.29, 0.717) is 0 Å². The Kier molecular flexibility index (Phi) is 3.20. The summed E-state index contributed by atoms with van der Waals surface area (Å²) in [4.78, 5) is 9.53. The Morgan fingerprint density at radius 3 is 3.20 bits per heavy atom. The van der Waals surface area contributed by atoms with Crippen LogP contribution < -0.4 is 10.6 Å². The number of thioether (sulfide) groups is 1. The van der Waals surface area contributed by atoms with E-state index in [9.17, 15) is 0 Å². The van der Waals surface area contributed by atoms with Gasteiger partial charge in [0.25, 0.3) is 0 Å². The number of aromatic amines is 1. The monoisotopic (exact) mass is 307 g/mol. The first-order valence-electron chi connectivity index (χ1n) is 6.92. The summed E-state index contributed by atoms with van der Waals surface area (Å²) < 4.78 is 0. The Morgan fingerprint density at radius 1 is 1.45 bits per heavy atom. The molecule has 0 bridgehead atoms. The van der Waals surface area contributed by atoms with Crippen molar-refractivity contribution < 1.29 is 0 Å². The van der Waals surface area contributed by atoms with E-state index in [1.807, 2.05) is 23.1 Å². The topological polar surface area (TPSA) is 70.8 Å². The molecule has 1 saturated heterocycles. The smallest absolute Gasteiger partial charge is 0.245 e. The predicted octanol–water partition coefficient (Wildman–Crippen LogP) is 1.86. The molecule has 2 aliphatic rings. The molecule has 2 aliphatic heterocycles. The molecule has 3 N–H and O–H groups in total. The summed E-state index contributed by atoms with van der Waals surface area (Å²) in [7, 11) is 0. The fourth-order valence-electron chi connectivity index (χ4n) is 2.74. The minimum Gasteiger partial charge on any atom is -0.338 e. The van der Waals surface area contributed by atoms with E-state index < -0.39 is 0 Å². The number of hydrogen-bond donors (Lipinski definition) is 2. The van der Waals surface area contributed by atoms with E-state index >= 15 is 0 Å². The number of aryl methyl sites for hydroxylation is 1. The molecule has 0 aliphatic carbocycles. The van der Waals surface area contributed by atoms with Crippen molar-refractivity contribution in [1.82, 2.24) is 15.2 Å². The molecule has 5 nitrogen and oxygen atoms in total. The van der Waals surface area contributed by atoms with Gasteiger partial charge in [0.1, 0.15) is 0 Å². The van der Waals surface area contributed by atoms with Gasteiger partial charge >= 0.3 is 0 Å². The summed E-state index contributed by atoms with van der Waals surface area (Å²) in [6, 6.07) is 2.52. The Bertz CT molecular complexity index is 597. The van der Waals surface area contributed by atoms with Crippen LogP contribution in [0.5, 0.6) is 0 Å². The molecule has 1 unspecified atom stereocenters. The van der Waals surface area contributed by atoms with Crippen LogP contribution in [0.3, 0.4) is 0 Å². The molecule has 0 saturated carbocycles. The average molecular weight is 307 g/mol. The third kappa shape index (κ3) is 2.23. The van der Waals surface area contributed by atoms with E-state index in [-0.39, 0.29) is 6.04 Å². The Morgan fingerprint density at radius 2 is 2.40 bits per heavy atom. The van der Waals surface area contributed by atoms with Gasteiger partial charge in [0.15, 0.2) is 5.82 Å². The molecular formula is C13H17N5S2. The maximum Gasteiger partial charge on any atom is 0.245 e. The number of rotatable bonds is 2. The van der Waals surface area contributed by atoms with Crippen LogP contribution in [0.4, 0.5) is 5.95 Å². The number of anilines is 1. The van der Waals surface area contributed by atoms with E-state index in [2.05, 4.69) is 26.1 Å². The first-order valence-corrected chi connectivity index (χ1v) is 8.89. The largest absolute Gasteiger partial charge is 0.338 e. The molecule has 4 heterocycles. The maximum absolute atomic E-state index is 5.94. The molecule has 2 aromatic rings. The summed E-state index contributed by atoms with van der Waals surface area (Å²) >= 11 is 3.86. The lowest BCUT2D eigenvalue weighted by molar-refractivity contribution is 0.750. The zero-order valence-corrected chi connectivity index (χ0v) is 12.8. The highest BCUT2D eigenvalue weighted by atomic mass is 32.2. The van der Waals surface area contributed by atoms with Gasteiger partial charge in [0.05, 0.1) is 4.88 Å². The van der Waals surface area contributed by atoms with Gasteiger partial charge in [-0.15, -0.1) is 16.4 Å². The molecule has 0 amide bonds. The summed E-state index contributed by atoms with van der Waals surface area (Å²) in [6.45, 7) is 1.81. The summed E-state index contributed by atoms with van der Waals surface area (Å²) in [5.41, 5.74) is 7.41. The first-order chi connectivity index (χ1) is 9.79. The Labute approximate surface area is 126 Å². The van der Waals surface area contributed by atoms with Gasteiger partial charge in [-0.3, -0.25) is 5.10 Å². The zero-order chi connectivity index (χ0) is 13.5. The van der Waals surface area contributed by atoms with Crippen molar-refractivity contribution in [3.63, 3.8) is 0 Å². The van der Waals surface area contributed by atoms with Crippen molar-refractivity contribution in [2.75, 3.05) is 23.7 Å². The highest BCUT2D eigenvalue weighted by molar-refractivity contribution is 7.98. The normalized spacial score (nSPS) is 22.2. The van der Waals surface area contributed by atoms with Gasteiger partial charge in [-0.2, -0.15) is 16.7 Å². The summed E-state index contributed by atoms with van der Waals surface area (Å²) in [6.07, 6.45) is 2.21. The second kappa shape index (κ2) is 5.05. The van der Waals surface area contributed by atoms with Crippen LogP contribution in [0.15, 0.2) is 6.07 Å². The van der Waals surface area contributed by atoms with Crippen molar-refractivity contribution in [1.29, 1.82) is 0 Å². The second-order valence-electron chi connectivity index (χ2n) is 5.34. The van der Waals surface area contributed by atoms with E-state index in [0.717, 1.165) is 37.0 Å². The number of fused-ring (bicyclic) bond motifs is 1. The second-order valence-corrected chi connectivity index (χ2v) is 7.58. The molecule has 0 radical (unpaired) electrons. The van der Waals surface area contributed by atoms with Gasteiger partial charge in [-0.25, -0.2) is 0 Å². The summed E-state index contributed by atoms with van der Waals surface area (Å²) in [5, 5.41) is 7.43. The maximum atomic E-state index is 5.94. The van der Waals surface area contributed by atoms with Gasteiger partial charge in [0.2, 0.25) is 5.95 Å². The van der Waals surface area contributed by atoms with Crippen LogP contribution in [0.1, 0.15) is 16.9 Å². The predicted molar refractivity (Wildman–Crippen MR) is 84.4 cm³/mol. The van der Waals surface area contributed by atoms with Crippen LogP contribution in [0.2, 0.25) is 0 Å². The number of aromatic nitrogens is 3. The summed E-state index contributed by atoms with van der Waals surface area (Å²) in [5.74, 6) is 4.05. The van der Waals surface area contributed by atoms with E-state index in [4.69, 9.17) is 5.73 Å². The van der Waals surface area contributed by atoms with E-state index in [1.54, 1.807) is 0 Å². The van der Waals surface area contributed by atoms with Crippen molar-refractivity contribution in [2.45, 2.75) is 24.6 Å². The molecule has 1 fully saturated rings. The first kappa shape index (κ1) is 12.7. The van der Waals surface area contributed by atoms with Crippen molar-refractivity contribution in [3.8, 4) is 10.7 Å². The Balaban J connectivity index is 1.60. The molecule has 2 aromatic heterocycles. The SMILES string of the molecule is NC1CCN(c2n[nH]c(-c3cc4c(s3)CCSC4)n2)C1. The highest BCUT2D eigenvalue weighted by Crippen LogP contribution is 2.36. The number of nitrogens with zero attached hydrogens (tertiary/aromatic N) is 3. The fraction of sp³-hybridized carbons (Fsp3) is 0.538. The number of H-pyrrole nitrogens is 1. The fourth-order valence-corrected chi connectivity index (χ4v) is 5.05. The lowest BCUT2D eigenvalue weighted by atomic mass is 10.2. The van der Waals surface area contributed by atoms with Crippen LogP contribution in [0, 0.1) is 0 Å².